The van der Waals surface area contributed by atoms with E-state index in [0.29, 0.717) is 0 Å². The fourth-order valence-electron chi connectivity index (χ4n) is 2.38. The Hall–Kier alpha value is -1.38. The summed E-state index contributed by atoms with van der Waals surface area (Å²) in [6, 6.07) is 12.9. The van der Waals surface area contributed by atoms with Crippen molar-refractivity contribution in [2.24, 2.45) is 0 Å². The minimum atomic E-state index is -0.202. The second kappa shape index (κ2) is 6.87. The lowest BCUT2D eigenvalue weighted by Gasteiger charge is -2.19. The van der Waals surface area contributed by atoms with E-state index in [9.17, 15) is 4.39 Å². The maximum absolute atomic E-state index is 13.0. The quantitative estimate of drug-likeness (QED) is 0.843. The van der Waals surface area contributed by atoms with Crippen LogP contribution >= 0.6 is 11.6 Å². The van der Waals surface area contributed by atoms with Gasteiger partial charge in [0.1, 0.15) is 5.82 Å². The van der Waals surface area contributed by atoms with E-state index in [1.807, 2.05) is 31.2 Å². The highest BCUT2D eigenvalue weighted by molar-refractivity contribution is 6.30. The number of rotatable bonds is 5. The fraction of sp³-hybridized carbons (Fsp3) is 0.294. The molecule has 0 radical (unpaired) electrons. The molecular weight excluding hydrogens is 273 g/mol. The lowest BCUT2D eigenvalue weighted by atomic mass is 9.97. The monoisotopic (exact) mass is 291 g/mol. The number of hydrogen-bond acceptors (Lipinski definition) is 1. The first-order valence-corrected chi connectivity index (χ1v) is 7.21. The van der Waals surface area contributed by atoms with E-state index in [1.165, 1.54) is 17.7 Å². The van der Waals surface area contributed by atoms with Gasteiger partial charge in [-0.15, -0.1) is 0 Å². The number of halogens is 2. The topological polar surface area (TPSA) is 12.0 Å². The third-order valence-electron chi connectivity index (χ3n) is 3.27. The van der Waals surface area contributed by atoms with Gasteiger partial charge in [-0.3, -0.25) is 0 Å². The van der Waals surface area contributed by atoms with Crippen LogP contribution in [0.2, 0.25) is 5.02 Å². The van der Waals surface area contributed by atoms with Gasteiger partial charge in [-0.05, 0) is 60.8 Å². The van der Waals surface area contributed by atoms with E-state index >= 15 is 0 Å². The SMILES string of the molecule is CCNC(Cc1ccc(F)cc1)c1cc(C)cc(Cl)c1. The average molecular weight is 292 g/mol. The Morgan fingerprint density at radius 3 is 2.45 bits per heavy atom. The van der Waals surface area contributed by atoms with Crippen LogP contribution in [-0.4, -0.2) is 6.54 Å². The van der Waals surface area contributed by atoms with Crippen LogP contribution in [0.15, 0.2) is 42.5 Å². The molecule has 3 heteroatoms. The molecule has 0 saturated carbocycles. The van der Waals surface area contributed by atoms with Gasteiger partial charge in [0.05, 0.1) is 0 Å². The van der Waals surface area contributed by atoms with E-state index in [-0.39, 0.29) is 11.9 Å². The predicted octanol–water partition coefficient (Wildman–Crippen LogP) is 4.68. The summed E-state index contributed by atoms with van der Waals surface area (Å²) < 4.78 is 13.0. The van der Waals surface area contributed by atoms with Crippen LogP contribution in [0.4, 0.5) is 4.39 Å². The summed E-state index contributed by atoms with van der Waals surface area (Å²) in [5.41, 5.74) is 3.42. The Bertz CT molecular complexity index is 545. The summed E-state index contributed by atoms with van der Waals surface area (Å²) in [4.78, 5) is 0. The van der Waals surface area contributed by atoms with E-state index in [2.05, 4.69) is 18.3 Å². The lowest BCUT2D eigenvalue weighted by Crippen LogP contribution is -2.23. The second-order valence-electron chi connectivity index (χ2n) is 5.00. The first-order chi connectivity index (χ1) is 9.58. The van der Waals surface area contributed by atoms with Crippen LogP contribution in [0.5, 0.6) is 0 Å². The van der Waals surface area contributed by atoms with Crippen molar-refractivity contribution in [2.75, 3.05) is 6.54 Å². The Morgan fingerprint density at radius 1 is 1.15 bits per heavy atom. The van der Waals surface area contributed by atoms with Crippen LogP contribution in [-0.2, 0) is 6.42 Å². The zero-order valence-electron chi connectivity index (χ0n) is 11.8. The maximum atomic E-state index is 13.0. The van der Waals surface area contributed by atoms with Crippen LogP contribution in [0.25, 0.3) is 0 Å². The third-order valence-corrected chi connectivity index (χ3v) is 3.49. The minimum absolute atomic E-state index is 0.183. The summed E-state index contributed by atoms with van der Waals surface area (Å²) in [7, 11) is 0. The number of likely N-dealkylation sites (N-methyl/N-ethyl adjacent to an activating group) is 1. The van der Waals surface area contributed by atoms with E-state index in [4.69, 9.17) is 11.6 Å². The highest BCUT2D eigenvalue weighted by atomic mass is 35.5. The normalized spacial score (nSPS) is 12.4. The Kier molecular flexibility index (Phi) is 5.16. The molecule has 0 aliphatic carbocycles. The van der Waals surface area contributed by atoms with Crippen LogP contribution in [0.1, 0.15) is 29.7 Å². The molecule has 0 amide bonds. The largest absolute Gasteiger partial charge is 0.310 e. The maximum Gasteiger partial charge on any atom is 0.123 e. The highest BCUT2D eigenvalue weighted by Crippen LogP contribution is 2.23. The van der Waals surface area contributed by atoms with Crippen LogP contribution in [0, 0.1) is 12.7 Å². The molecule has 1 N–H and O–H groups in total. The molecule has 1 nitrogen and oxygen atoms in total. The van der Waals surface area contributed by atoms with Gasteiger partial charge in [-0.25, -0.2) is 4.39 Å². The number of benzene rings is 2. The molecule has 2 aromatic rings. The van der Waals surface area contributed by atoms with Crippen LogP contribution in [0.3, 0.4) is 0 Å². The van der Waals surface area contributed by atoms with Gasteiger partial charge in [-0.2, -0.15) is 0 Å². The molecule has 106 valence electrons. The Balaban J connectivity index is 2.23. The van der Waals surface area contributed by atoms with E-state index < -0.39 is 0 Å². The average Bonchev–Trinajstić information content (AvgIpc) is 2.39. The van der Waals surface area contributed by atoms with Crippen molar-refractivity contribution >= 4 is 11.6 Å². The van der Waals surface area contributed by atoms with Gasteiger partial charge >= 0.3 is 0 Å². The highest BCUT2D eigenvalue weighted by Gasteiger charge is 2.12. The van der Waals surface area contributed by atoms with Crippen molar-refractivity contribution in [3.8, 4) is 0 Å². The molecular formula is C17H19ClFN. The van der Waals surface area contributed by atoms with Gasteiger partial charge in [-0.1, -0.05) is 36.7 Å². The van der Waals surface area contributed by atoms with Gasteiger partial charge in [0.25, 0.3) is 0 Å². The summed E-state index contributed by atoms with van der Waals surface area (Å²) in [6.07, 6.45) is 0.813. The molecule has 2 rings (SSSR count). The zero-order chi connectivity index (χ0) is 14.5. The Labute approximate surface area is 124 Å². The van der Waals surface area contributed by atoms with Crippen molar-refractivity contribution in [2.45, 2.75) is 26.3 Å². The second-order valence-corrected chi connectivity index (χ2v) is 5.44. The summed E-state index contributed by atoms with van der Waals surface area (Å²) >= 11 is 6.14. The Morgan fingerprint density at radius 2 is 1.85 bits per heavy atom. The molecule has 0 spiro atoms. The van der Waals surface area contributed by atoms with Crippen LogP contribution < -0.4 is 5.32 Å². The predicted molar refractivity (Wildman–Crippen MR) is 82.7 cm³/mol. The standard InChI is InChI=1S/C17H19ClFN/c1-3-20-17(10-13-4-6-16(19)7-5-13)14-8-12(2)9-15(18)11-14/h4-9,11,17,20H,3,10H2,1-2H3. The smallest absolute Gasteiger partial charge is 0.123 e. The van der Waals surface area contributed by atoms with Crippen molar-refractivity contribution in [3.63, 3.8) is 0 Å². The summed E-state index contributed by atoms with van der Waals surface area (Å²) in [5, 5.41) is 4.22. The zero-order valence-corrected chi connectivity index (χ0v) is 12.5. The third kappa shape index (κ3) is 4.06. The number of aryl methyl sites for hydroxylation is 1. The summed E-state index contributed by atoms with van der Waals surface area (Å²) in [6.45, 7) is 4.99. The lowest BCUT2D eigenvalue weighted by molar-refractivity contribution is 0.548. The van der Waals surface area contributed by atoms with Gasteiger partial charge in [0, 0.05) is 11.1 Å². The molecule has 0 aromatic heterocycles. The fourth-order valence-corrected chi connectivity index (χ4v) is 2.67. The minimum Gasteiger partial charge on any atom is -0.310 e. The number of hydrogen-bond donors (Lipinski definition) is 1. The van der Waals surface area contributed by atoms with E-state index in [0.717, 1.165) is 29.1 Å². The first-order valence-electron chi connectivity index (χ1n) is 6.83. The molecule has 0 bridgehead atoms. The van der Waals surface area contributed by atoms with Crippen molar-refractivity contribution in [1.29, 1.82) is 0 Å². The first kappa shape index (κ1) is 15.0. The van der Waals surface area contributed by atoms with Crippen molar-refractivity contribution in [3.05, 3.63) is 70.0 Å². The summed E-state index contributed by atoms with van der Waals surface area (Å²) in [5.74, 6) is -0.202. The molecule has 0 fully saturated rings. The molecule has 0 aliphatic heterocycles. The van der Waals surface area contributed by atoms with Gasteiger partial charge < -0.3 is 5.32 Å². The molecule has 0 heterocycles. The molecule has 1 atom stereocenters. The van der Waals surface area contributed by atoms with Gasteiger partial charge in [0.15, 0.2) is 0 Å². The van der Waals surface area contributed by atoms with Crippen molar-refractivity contribution in [1.82, 2.24) is 5.32 Å². The van der Waals surface area contributed by atoms with Crippen molar-refractivity contribution < 1.29 is 4.39 Å². The van der Waals surface area contributed by atoms with Gasteiger partial charge in [0.2, 0.25) is 0 Å². The molecule has 2 aromatic carbocycles. The van der Waals surface area contributed by atoms with E-state index in [1.54, 1.807) is 0 Å². The molecule has 0 saturated heterocycles. The number of nitrogens with one attached hydrogen (secondary N) is 1. The molecule has 0 aliphatic rings. The molecule has 1 unspecified atom stereocenters. The molecule has 20 heavy (non-hydrogen) atoms.